The molecule has 1 unspecified atom stereocenters. The van der Waals surface area contributed by atoms with Crippen LogP contribution in [0.3, 0.4) is 0 Å². The lowest BCUT2D eigenvalue weighted by atomic mass is 10.2. The van der Waals surface area contributed by atoms with E-state index < -0.39 is 17.6 Å². The summed E-state index contributed by atoms with van der Waals surface area (Å²) in [6.45, 7) is 5.21. The third-order valence-corrected chi connectivity index (χ3v) is 2.26. The molecule has 0 radical (unpaired) electrons. The number of aromatic hydroxyl groups is 1. The van der Waals surface area contributed by atoms with Gasteiger partial charge in [-0.1, -0.05) is 0 Å². The molecule has 1 rings (SSSR count). The topological polar surface area (TPSA) is 68.5 Å². The summed E-state index contributed by atoms with van der Waals surface area (Å²) in [5, 5.41) is 9.21. The van der Waals surface area contributed by atoms with Crippen LogP contribution in [0.2, 0.25) is 0 Å². The number of hydrogen-bond donors (Lipinski definition) is 1. The van der Waals surface area contributed by atoms with Crippen LogP contribution in [0.25, 0.3) is 0 Å². The summed E-state index contributed by atoms with van der Waals surface area (Å²) in [5.41, 5.74) is 0.101. The summed E-state index contributed by atoms with van der Waals surface area (Å²) >= 11 is 0. The quantitative estimate of drug-likeness (QED) is 0.779. The van der Waals surface area contributed by atoms with E-state index in [-0.39, 0.29) is 12.4 Å². The molecule has 1 aromatic heterocycles. The highest BCUT2D eigenvalue weighted by atomic mass is 16.5. The van der Waals surface area contributed by atoms with Gasteiger partial charge in [-0.2, -0.15) is 0 Å². The van der Waals surface area contributed by atoms with Crippen molar-refractivity contribution in [2.75, 3.05) is 6.61 Å². The van der Waals surface area contributed by atoms with Gasteiger partial charge in [0.05, 0.1) is 6.61 Å². The van der Waals surface area contributed by atoms with Crippen LogP contribution in [0.1, 0.15) is 25.6 Å². The maximum Gasteiger partial charge on any atom is 0.328 e. The molecule has 0 saturated heterocycles. The van der Waals surface area contributed by atoms with E-state index >= 15 is 0 Å². The molecule has 0 saturated carbocycles. The van der Waals surface area contributed by atoms with E-state index in [1.807, 2.05) is 0 Å². The number of carbonyl (C=O) groups excluding carboxylic acids is 1. The summed E-state index contributed by atoms with van der Waals surface area (Å²) in [7, 11) is 0. The van der Waals surface area contributed by atoms with Gasteiger partial charge in [0.15, 0.2) is 0 Å². The Morgan fingerprint density at radius 2 is 2.19 bits per heavy atom. The number of aromatic nitrogens is 1. The number of aryl methyl sites for hydroxylation is 1. The van der Waals surface area contributed by atoms with Crippen molar-refractivity contribution in [1.29, 1.82) is 0 Å². The molecule has 0 bridgehead atoms. The van der Waals surface area contributed by atoms with Crippen LogP contribution in [0.5, 0.6) is 5.75 Å². The molecule has 0 aromatic carbocycles. The van der Waals surface area contributed by atoms with E-state index in [9.17, 15) is 14.7 Å². The number of esters is 1. The van der Waals surface area contributed by atoms with Crippen LogP contribution in [0, 0.1) is 6.92 Å². The fourth-order valence-corrected chi connectivity index (χ4v) is 1.56. The number of nitrogens with zero attached hydrogens (tertiary/aromatic N) is 1. The van der Waals surface area contributed by atoms with Crippen LogP contribution in [0.15, 0.2) is 16.9 Å². The van der Waals surface area contributed by atoms with Crippen LogP contribution in [-0.4, -0.2) is 22.2 Å². The molecule has 16 heavy (non-hydrogen) atoms. The Morgan fingerprint density at radius 1 is 1.56 bits per heavy atom. The van der Waals surface area contributed by atoms with Crippen molar-refractivity contribution >= 4 is 5.97 Å². The largest absolute Gasteiger partial charge is 0.508 e. The van der Waals surface area contributed by atoms with Crippen molar-refractivity contribution in [3.63, 3.8) is 0 Å². The normalized spacial score (nSPS) is 12.2. The number of ether oxygens (including phenoxy) is 1. The fourth-order valence-electron chi connectivity index (χ4n) is 1.56. The second-order valence-corrected chi connectivity index (χ2v) is 3.49. The van der Waals surface area contributed by atoms with Crippen molar-refractivity contribution in [2.24, 2.45) is 0 Å². The predicted octanol–water partition coefficient (Wildman–Crippen LogP) is 0.986. The van der Waals surface area contributed by atoms with E-state index in [0.717, 1.165) is 6.07 Å². The molecule has 1 atom stereocenters. The van der Waals surface area contributed by atoms with Crippen molar-refractivity contribution in [3.05, 3.63) is 28.2 Å². The van der Waals surface area contributed by atoms with Gasteiger partial charge in [0.2, 0.25) is 0 Å². The molecule has 5 nitrogen and oxygen atoms in total. The smallest absolute Gasteiger partial charge is 0.328 e. The van der Waals surface area contributed by atoms with Crippen LogP contribution in [-0.2, 0) is 9.53 Å². The van der Waals surface area contributed by atoms with Crippen LogP contribution >= 0.6 is 0 Å². The first-order chi connectivity index (χ1) is 7.47. The lowest BCUT2D eigenvalue weighted by molar-refractivity contribution is -0.146. The molecule has 0 spiro atoms. The van der Waals surface area contributed by atoms with Gasteiger partial charge in [0.1, 0.15) is 11.8 Å². The minimum absolute atomic E-state index is 0.102. The molecule has 0 fully saturated rings. The van der Waals surface area contributed by atoms with E-state index in [4.69, 9.17) is 4.74 Å². The maximum atomic E-state index is 11.6. The first-order valence-electron chi connectivity index (χ1n) is 5.06. The minimum Gasteiger partial charge on any atom is -0.508 e. The Hall–Kier alpha value is -1.78. The summed E-state index contributed by atoms with van der Waals surface area (Å²) in [4.78, 5) is 23.1. The molecule has 0 aliphatic heterocycles. The molecule has 5 heteroatoms. The standard InChI is InChI=1S/C11H15NO4/c1-4-16-11(15)8(3)12-7(2)5-9(13)6-10(12)14/h5-6,8,13H,4H2,1-3H3. The Balaban J connectivity index is 3.14. The lowest BCUT2D eigenvalue weighted by Gasteiger charge is -2.16. The molecule has 0 aliphatic rings. The monoisotopic (exact) mass is 225 g/mol. The second kappa shape index (κ2) is 4.83. The van der Waals surface area contributed by atoms with Crippen molar-refractivity contribution in [1.82, 2.24) is 4.57 Å². The number of pyridine rings is 1. The zero-order valence-electron chi connectivity index (χ0n) is 9.56. The molecule has 1 heterocycles. The summed E-state index contributed by atoms with van der Waals surface area (Å²) < 4.78 is 6.13. The summed E-state index contributed by atoms with van der Waals surface area (Å²) in [6.07, 6.45) is 0. The lowest BCUT2D eigenvalue weighted by Crippen LogP contribution is -2.30. The number of rotatable bonds is 3. The molecule has 0 aliphatic carbocycles. The molecule has 1 N–H and O–H groups in total. The third-order valence-electron chi connectivity index (χ3n) is 2.26. The van der Waals surface area contributed by atoms with Gasteiger partial charge in [-0.25, -0.2) is 4.79 Å². The third kappa shape index (κ3) is 2.42. The maximum absolute atomic E-state index is 11.6. The van der Waals surface area contributed by atoms with Gasteiger partial charge in [0.25, 0.3) is 5.56 Å². The van der Waals surface area contributed by atoms with E-state index in [1.165, 1.54) is 10.6 Å². The van der Waals surface area contributed by atoms with E-state index in [1.54, 1.807) is 20.8 Å². The van der Waals surface area contributed by atoms with Gasteiger partial charge in [-0.05, 0) is 26.8 Å². The zero-order chi connectivity index (χ0) is 12.3. The Morgan fingerprint density at radius 3 is 2.69 bits per heavy atom. The Kier molecular flexibility index (Phi) is 3.71. The molecular weight excluding hydrogens is 210 g/mol. The van der Waals surface area contributed by atoms with E-state index in [2.05, 4.69) is 0 Å². The summed E-state index contributed by atoms with van der Waals surface area (Å²) in [5.74, 6) is -0.562. The first-order valence-corrected chi connectivity index (χ1v) is 5.06. The number of hydrogen-bond acceptors (Lipinski definition) is 4. The molecular formula is C11H15NO4. The van der Waals surface area contributed by atoms with Gasteiger partial charge in [0, 0.05) is 11.8 Å². The minimum atomic E-state index is -0.687. The summed E-state index contributed by atoms with van der Waals surface area (Å²) in [6, 6.07) is 1.81. The van der Waals surface area contributed by atoms with Gasteiger partial charge < -0.3 is 9.84 Å². The highest BCUT2D eigenvalue weighted by Gasteiger charge is 2.19. The molecule has 1 aromatic rings. The highest BCUT2D eigenvalue weighted by molar-refractivity contribution is 5.73. The van der Waals surface area contributed by atoms with Crippen LogP contribution < -0.4 is 5.56 Å². The van der Waals surface area contributed by atoms with Crippen molar-refractivity contribution in [2.45, 2.75) is 26.8 Å². The second-order valence-electron chi connectivity index (χ2n) is 3.49. The van der Waals surface area contributed by atoms with Crippen molar-refractivity contribution in [3.8, 4) is 5.75 Å². The van der Waals surface area contributed by atoms with Gasteiger partial charge in [-0.3, -0.25) is 9.36 Å². The SMILES string of the molecule is CCOC(=O)C(C)n1c(C)cc(O)cc1=O. The highest BCUT2D eigenvalue weighted by Crippen LogP contribution is 2.13. The Labute approximate surface area is 93.3 Å². The first kappa shape index (κ1) is 12.3. The van der Waals surface area contributed by atoms with Crippen LogP contribution in [0.4, 0.5) is 0 Å². The fraction of sp³-hybridized carbons (Fsp3) is 0.455. The van der Waals surface area contributed by atoms with Gasteiger partial charge in [-0.15, -0.1) is 0 Å². The predicted molar refractivity (Wildman–Crippen MR) is 58.4 cm³/mol. The van der Waals surface area contributed by atoms with Gasteiger partial charge >= 0.3 is 5.97 Å². The molecule has 0 amide bonds. The zero-order valence-corrected chi connectivity index (χ0v) is 9.56. The Bertz CT molecular complexity index is 450. The van der Waals surface area contributed by atoms with E-state index in [0.29, 0.717) is 5.69 Å². The average molecular weight is 225 g/mol. The number of carbonyl (C=O) groups is 1. The van der Waals surface area contributed by atoms with Crippen molar-refractivity contribution < 1.29 is 14.6 Å². The molecule has 88 valence electrons. The average Bonchev–Trinajstić information content (AvgIpc) is 2.16.